The maximum absolute atomic E-state index is 12.8. The van der Waals surface area contributed by atoms with Gasteiger partial charge in [0.25, 0.3) is 5.91 Å². The molecule has 1 aromatic carbocycles. The van der Waals surface area contributed by atoms with E-state index in [-0.39, 0.29) is 5.91 Å². The minimum absolute atomic E-state index is 0.0732. The lowest BCUT2D eigenvalue weighted by molar-refractivity contribution is 0.0789. The topological polar surface area (TPSA) is 38.1 Å². The summed E-state index contributed by atoms with van der Waals surface area (Å²) in [7, 11) is 1.86. The van der Waals surface area contributed by atoms with Gasteiger partial charge >= 0.3 is 0 Å². The molecule has 0 atom stereocenters. The number of benzene rings is 1. The van der Waals surface area contributed by atoms with E-state index in [1.165, 1.54) is 10.4 Å². The molecule has 1 amide bonds. The molecular weight excluding hydrogens is 342 g/mol. The Morgan fingerprint density at radius 1 is 1.19 bits per heavy atom. The molecule has 4 nitrogen and oxygen atoms in total. The maximum atomic E-state index is 12.8. The third-order valence-electron chi connectivity index (χ3n) is 4.74. The Kier molecular flexibility index (Phi) is 5.28. The molecule has 0 saturated carbocycles. The van der Waals surface area contributed by atoms with E-state index in [4.69, 9.17) is 0 Å². The number of thiophene rings is 1. The van der Waals surface area contributed by atoms with Gasteiger partial charge in [0.1, 0.15) is 0 Å². The predicted molar refractivity (Wildman–Crippen MR) is 107 cm³/mol. The summed E-state index contributed by atoms with van der Waals surface area (Å²) in [5.74, 6) is 0.0732. The second-order valence-corrected chi connectivity index (χ2v) is 7.77. The molecular formula is C21H25N3OS. The predicted octanol–water partition coefficient (Wildman–Crippen LogP) is 4.69. The summed E-state index contributed by atoms with van der Waals surface area (Å²) in [6.07, 6.45) is 0.968. The highest BCUT2D eigenvalue weighted by Crippen LogP contribution is 2.25. The van der Waals surface area contributed by atoms with Crippen LogP contribution in [-0.2, 0) is 13.0 Å². The van der Waals surface area contributed by atoms with E-state index in [9.17, 15) is 4.79 Å². The molecule has 0 saturated heterocycles. The number of aromatic nitrogens is 2. The molecule has 0 aliphatic carbocycles. The van der Waals surface area contributed by atoms with E-state index in [0.29, 0.717) is 6.54 Å². The average Bonchev–Trinajstić information content (AvgIpc) is 3.16. The molecule has 0 N–H and O–H groups in total. The number of carbonyl (C=O) groups excluding carboxylic acids is 1. The summed E-state index contributed by atoms with van der Waals surface area (Å²) >= 11 is 1.60. The first-order valence-electron chi connectivity index (χ1n) is 8.87. The lowest BCUT2D eigenvalue weighted by atomic mass is 10.1. The quantitative estimate of drug-likeness (QED) is 0.656. The van der Waals surface area contributed by atoms with Crippen molar-refractivity contribution < 1.29 is 4.79 Å². The highest BCUT2D eigenvalue weighted by atomic mass is 32.1. The molecule has 2 heterocycles. The van der Waals surface area contributed by atoms with Crippen LogP contribution < -0.4 is 0 Å². The SMILES string of the molecule is CCc1sc(C(=O)N(C)Cc2c(C)nn(-c3ccccc3)c2C)cc1C. The molecule has 0 aliphatic rings. The van der Waals surface area contributed by atoms with Gasteiger partial charge in [-0.2, -0.15) is 5.10 Å². The van der Waals surface area contributed by atoms with Gasteiger partial charge in [-0.1, -0.05) is 25.1 Å². The van der Waals surface area contributed by atoms with Crippen LogP contribution in [0.5, 0.6) is 0 Å². The van der Waals surface area contributed by atoms with Crippen LogP contribution in [0.15, 0.2) is 36.4 Å². The highest BCUT2D eigenvalue weighted by molar-refractivity contribution is 7.14. The number of hydrogen-bond acceptors (Lipinski definition) is 3. The Hall–Kier alpha value is -2.40. The molecule has 3 rings (SSSR count). The van der Waals surface area contributed by atoms with Gasteiger partial charge in [-0.05, 0) is 51.0 Å². The van der Waals surface area contributed by atoms with Gasteiger partial charge in [0.05, 0.1) is 16.3 Å². The van der Waals surface area contributed by atoms with Crippen LogP contribution in [0, 0.1) is 20.8 Å². The zero-order chi connectivity index (χ0) is 18.8. The smallest absolute Gasteiger partial charge is 0.263 e. The summed E-state index contributed by atoms with van der Waals surface area (Å²) in [6, 6.07) is 12.1. The highest BCUT2D eigenvalue weighted by Gasteiger charge is 2.20. The van der Waals surface area contributed by atoms with E-state index in [2.05, 4.69) is 25.9 Å². The van der Waals surface area contributed by atoms with Crippen molar-refractivity contribution in [1.29, 1.82) is 0 Å². The normalized spacial score (nSPS) is 11.0. The molecule has 2 aromatic heterocycles. The maximum Gasteiger partial charge on any atom is 0.263 e. The number of carbonyl (C=O) groups is 1. The Morgan fingerprint density at radius 3 is 2.50 bits per heavy atom. The number of para-hydroxylation sites is 1. The van der Waals surface area contributed by atoms with Crippen molar-refractivity contribution >= 4 is 17.2 Å². The van der Waals surface area contributed by atoms with E-state index in [0.717, 1.165) is 33.9 Å². The van der Waals surface area contributed by atoms with E-state index in [1.54, 1.807) is 16.2 Å². The zero-order valence-electron chi connectivity index (χ0n) is 16.0. The second-order valence-electron chi connectivity index (χ2n) is 6.63. The number of rotatable bonds is 5. The Bertz CT molecular complexity index is 924. The van der Waals surface area contributed by atoms with Crippen LogP contribution in [0.25, 0.3) is 5.69 Å². The Morgan fingerprint density at radius 2 is 1.88 bits per heavy atom. The molecule has 0 unspecified atom stereocenters. The summed E-state index contributed by atoms with van der Waals surface area (Å²) in [5, 5.41) is 4.68. The van der Waals surface area contributed by atoms with Crippen LogP contribution in [0.4, 0.5) is 0 Å². The van der Waals surface area contributed by atoms with Crippen molar-refractivity contribution in [2.75, 3.05) is 7.05 Å². The van der Waals surface area contributed by atoms with E-state index < -0.39 is 0 Å². The number of hydrogen-bond donors (Lipinski definition) is 0. The van der Waals surface area contributed by atoms with Crippen LogP contribution >= 0.6 is 11.3 Å². The molecule has 136 valence electrons. The van der Waals surface area contributed by atoms with Crippen LogP contribution in [0.2, 0.25) is 0 Å². The Labute approximate surface area is 159 Å². The first-order valence-corrected chi connectivity index (χ1v) is 9.69. The van der Waals surface area contributed by atoms with E-state index in [1.807, 2.05) is 55.1 Å². The van der Waals surface area contributed by atoms with Gasteiger partial charge in [-0.25, -0.2) is 4.68 Å². The minimum Gasteiger partial charge on any atom is -0.337 e. The first-order chi connectivity index (χ1) is 12.4. The van der Waals surface area contributed by atoms with Crippen molar-refractivity contribution in [3.63, 3.8) is 0 Å². The van der Waals surface area contributed by atoms with Gasteiger partial charge in [-0.3, -0.25) is 4.79 Å². The summed E-state index contributed by atoms with van der Waals surface area (Å²) in [5.41, 5.74) is 5.38. The van der Waals surface area contributed by atoms with Gasteiger partial charge in [0.15, 0.2) is 0 Å². The fourth-order valence-corrected chi connectivity index (χ4v) is 4.31. The zero-order valence-corrected chi connectivity index (χ0v) is 16.9. The largest absolute Gasteiger partial charge is 0.337 e. The van der Waals surface area contributed by atoms with Crippen LogP contribution in [0.3, 0.4) is 0 Å². The third kappa shape index (κ3) is 3.44. The second kappa shape index (κ2) is 7.46. The van der Waals surface area contributed by atoms with Crippen molar-refractivity contribution in [2.45, 2.75) is 40.7 Å². The molecule has 0 spiro atoms. The standard InChI is InChI=1S/C21H25N3OS/c1-6-19-14(2)12-20(26-19)21(25)23(5)13-18-15(3)22-24(16(18)4)17-10-8-7-9-11-17/h7-12H,6,13H2,1-5H3. The molecule has 3 aromatic rings. The van der Waals surface area contributed by atoms with Crippen molar-refractivity contribution in [1.82, 2.24) is 14.7 Å². The summed E-state index contributed by atoms with van der Waals surface area (Å²) in [6.45, 7) is 8.82. The van der Waals surface area contributed by atoms with Gasteiger partial charge < -0.3 is 4.90 Å². The lowest BCUT2D eigenvalue weighted by Gasteiger charge is -2.16. The minimum atomic E-state index is 0.0732. The summed E-state index contributed by atoms with van der Waals surface area (Å²) in [4.78, 5) is 16.7. The van der Waals surface area contributed by atoms with Gasteiger partial charge in [-0.15, -0.1) is 11.3 Å². The molecule has 26 heavy (non-hydrogen) atoms. The molecule has 0 fully saturated rings. The molecule has 0 aliphatic heterocycles. The molecule has 0 bridgehead atoms. The van der Waals surface area contributed by atoms with Crippen molar-refractivity contribution in [3.05, 3.63) is 68.7 Å². The van der Waals surface area contributed by atoms with Gasteiger partial charge in [0, 0.05) is 29.7 Å². The number of amides is 1. The van der Waals surface area contributed by atoms with E-state index >= 15 is 0 Å². The summed E-state index contributed by atoms with van der Waals surface area (Å²) < 4.78 is 1.95. The lowest BCUT2D eigenvalue weighted by Crippen LogP contribution is -2.26. The fourth-order valence-electron chi connectivity index (χ4n) is 3.20. The van der Waals surface area contributed by atoms with Crippen LogP contribution in [-0.4, -0.2) is 27.6 Å². The Balaban J connectivity index is 1.84. The van der Waals surface area contributed by atoms with Crippen molar-refractivity contribution in [2.24, 2.45) is 0 Å². The third-order valence-corrected chi connectivity index (χ3v) is 6.11. The number of aryl methyl sites for hydroxylation is 3. The average molecular weight is 368 g/mol. The molecule has 5 heteroatoms. The van der Waals surface area contributed by atoms with Crippen LogP contribution in [0.1, 0.15) is 44.0 Å². The monoisotopic (exact) mass is 367 g/mol. The van der Waals surface area contributed by atoms with Gasteiger partial charge in [0.2, 0.25) is 0 Å². The fraction of sp³-hybridized carbons (Fsp3) is 0.333. The van der Waals surface area contributed by atoms with Crippen molar-refractivity contribution in [3.8, 4) is 5.69 Å². The number of nitrogens with zero attached hydrogens (tertiary/aromatic N) is 3. The first kappa shape index (κ1) is 18.4. The molecule has 0 radical (unpaired) electrons.